The summed E-state index contributed by atoms with van der Waals surface area (Å²) in [5, 5.41) is 0. The second-order valence-electron chi connectivity index (χ2n) is 7.16. The molecule has 0 spiro atoms. The molecule has 20 heavy (non-hydrogen) atoms. The lowest BCUT2D eigenvalue weighted by Gasteiger charge is -2.27. The first kappa shape index (κ1) is 14.1. The van der Waals surface area contributed by atoms with Crippen LogP contribution in [0.2, 0.25) is 0 Å². The summed E-state index contributed by atoms with van der Waals surface area (Å²) in [6, 6.07) is 9.54. The van der Waals surface area contributed by atoms with E-state index in [1.165, 1.54) is 69.8 Å². The van der Waals surface area contributed by atoms with Crippen LogP contribution in [-0.2, 0) is 6.42 Å². The normalized spacial score (nSPS) is 23.1. The fraction of sp³-hybridized carbons (Fsp3) is 0.684. The van der Waals surface area contributed by atoms with Crippen molar-refractivity contribution in [2.24, 2.45) is 11.1 Å². The molecule has 0 heterocycles. The molecule has 0 saturated heterocycles. The standard InChI is InChI=1S/C19H29N/c20-15-19(12-4-5-13-19)14-16-8-10-18(11-9-16)17-6-2-1-3-7-17/h8-11,17H,1-7,12-15,20H2. The van der Waals surface area contributed by atoms with Crippen LogP contribution in [0.25, 0.3) is 0 Å². The molecule has 0 atom stereocenters. The first-order valence-corrected chi connectivity index (χ1v) is 8.60. The number of hydrogen-bond donors (Lipinski definition) is 1. The van der Waals surface area contributed by atoms with Gasteiger partial charge in [-0.2, -0.15) is 0 Å². The zero-order valence-electron chi connectivity index (χ0n) is 12.7. The molecular formula is C19H29N. The number of hydrogen-bond acceptors (Lipinski definition) is 1. The molecule has 1 aromatic rings. The van der Waals surface area contributed by atoms with Gasteiger partial charge in [-0.25, -0.2) is 0 Å². The third-order valence-electron chi connectivity index (χ3n) is 5.73. The molecule has 1 aromatic carbocycles. The second kappa shape index (κ2) is 6.30. The largest absolute Gasteiger partial charge is 0.330 e. The summed E-state index contributed by atoms with van der Waals surface area (Å²) in [5.41, 5.74) is 9.54. The Labute approximate surface area is 124 Å². The Morgan fingerprint density at radius 2 is 1.55 bits per heavy atom. The van der Waals surface area contributed by atoms with Gasteiger partial charge in [0.15, 0.2) is 0 Å². The molecular weight excluding hydrogens is 242 g/mol. The molecule has 0 aliphatic heterocycles. The maximum absolute atomic E-state index is 6.06. The van der Waals surface area contributed by atoms with E-state index in [1.54, 1.807) is 5.56 Å². The molecule has 0 unspecified atom stereocenters. The molecule has 0 radical (unpaired) electrons. The van der Waals surface area contributed by atoms with Crippen LogP contribution in [0.3, 0.4) is 0 Å². The molecule has 0 aromatic heterocycles. The monoisotopic (exact) mass is 271 g/mol. The highest BCUT2D eigenvalue weighted by molar-refractivity contribution is 5.26. The van der Waals surface area contributed by atoms with Gasteiger partial charge in [0, 0.05) is 0 Å². The van der Waals surface area contributed by atoms with Crippen LogP contribution < -0.4 is 5.73 Å². The number of benzene rings is 1. The molecule has 2 aliphatic rings. The maximum Gasteiger partial charge on any atom is -0.00173 e. The lowest BCUT2D eigenvalue weighted by Crippen LogP contribution is -2.29. The van der Waals surface area contributed by atoms with Crippen molar-refractivity contribution in [3.05, 3.63) is 35.4 Å². The van der Waals surface area contributed by atoms with Crippen molar-refractivity contribution in [1.29, 1.82) is 0 Å². The van der Waals surface area contributed by atoms with E-state index in [0.717, 1.165) is 12.5 Å². The summed E-state index contributed by atoms with van der Waals surface area (Å²) in [5.74, 6) is 0.827. The molecule has 2 N–H and O–H groups in total. The van der Waals surface area contributed by atoms with Gasteiger partial charge in [0.25, 0.3) is 0 Å². The van der Waals surface area contributed by atoms with E-state index in [9.17, 15) is 0 Å². The van der Waals surface area contributed by atoms with E-state index in [1.807, 2.05) is 0 Å². The van der Waals surface area contributed by atoms with Gasteiger partial charge in [0.05, 0.1) is 0 Å². The van der Waals surface area contributed by atoms with E-state index in [-0.39, 0.29) is 0 Å². The highest BCUT2D eigenvalue weighted by atomic mass is 14.6. The summed E-state index contributed by atoms with van der Waals surface area (Å²) in [6.45, 7) is 0.859. The van der Waals surface area contributed by atoms with Gasteiger partial charge in [-0.3, -0.25) is 0 Å². The molecule has 0 amide bonds. The van der Waals surface area contributed by atoms with Gasteiger partial charge in [-0.1, -0.05) is 56.4 Å². The first-order valence-electron chi connectivity index (χ1n) is 8.60. The SMILES string of the molecule is NCC1(Cc2ccc(C3CCCCC3)cc2)CCCC1. The van der Waals surface area contributed by atoms with Crippen LogP contribution in [0.1, 0.15) is 74.8 Å². The Hall–Kier alpha value is -0.820. The maximum atomic E-state index is 6.06. The van der Waals surface area contributed by atoms with E-state index in [4.69, 9.17) is 5.73 Å². The quantitative estimate of drug-likeness (QED) is 0.836. The minimum absolute atomic E-state index is 0.409. The first-order chi connectivity index (χ1) is 9.81. The molecule has 1 nitrogen and oxygen atoms in total. The topological polar surface area (TPSA) is 26.0 Å². The van der Waals surface area contributed by atoms with Crippen LogP contribution in [0.5, 0.6) is 0 Å². The third kappa shape index (κ3) is 3.09. The zero-order chi connectivity index (χ0) is 13.8. The summed E-state index contributed by atoms with van der Waals surface area (Å²) in [7, 11) is 0. The summed E-state index contributed by atoms with van der Waals surface area (Å²) in [4.78, 5) is 0. The molecule has 2 saturated carbocycles. The van der Waals surface area contributed by atoms with Crippen LogP contribution in [0.4, 0.5) is 0 Å². The van der Waals surface area contributed by atoms with E-state index >= 15 is 0 Å². The van der Waals surface area contributed by atoms with E-state index < -0.39 is 0 Å². The van der Waals surface area contributed by atoms with Gasteiger partial charge >= 0.3 is 0 Å². The van der Waals surface area contributed by atoms with Crippen LogP contribution >= 0.6 is 0 Å². The van der Waals surface area contributed by atoms with Crippen molar-refractivity contribution in [2.75, 3.05) is 6.54 Å². The van der Waals surface area contributed by atoms with Crippen molar-refractivity contribution in [1.82, 2.24) is 0 Å². The van der Waals surface area contributed by atoms with Crippen molar-refractivity contribution >= 4 is 0 Å². The Morgan fingerprint density at radius 3 is 2.15 bits per heavy atom. The Bertz CT molecular complexity index is 408. The van der Waals surface area contributed by atoms with Crippen molar-refractivity contribution in [2.45, 2.75) is 70.1 Å². The smallest absolute Gasteiger partial charge is 0.00173 e. The molecule has 110 valence electrons. The van der Waals surface area contributed by atoms with E-state index in [0.29, 0.717) is 5.41 Å². The second-order valence-corrected chi connectivity index (χ2v) is 7.16. The molecule has 3 rings (SSSR count). The van der Waals surface area contributed by atoms with Crippen LogP contribution in [0.15, 0.2) is 24.3 Å². The van der Waals surface area contributed by atoms with Crippen LogP contribution in [-0.4, -0.2) is 6.54 Å². The van der Waals surface area contributed by atoms with Crippen molar-refractivity contribution < 1.29 is 0 Å². The summed E-state index contributed by atoms with van der Waals surface area (Å²) in [6.07, 6.45) is 13.7. The minimum atomic E-state index is 0.409. The van der Waals surface area contributed by atoms with Gasteiger partial charge in [-0.15, -0.1) is 0 Å². The van der Waals surface area contributed by atoms with Gasteiger partial charge in [0.2, 0.25) is 0 Å². The van der Waals surface area contributed by atoms with Crippen LogP contribution in [0, 0.1) is 5.41 Å². The van der Waals surface area contributed by atoms with Gasteiger partial charge in [0.1, 0.15) is 0 Å². The van der Waals surface area contributed by atoms with E-state index in [2.05, 4.69) is 24.3 Å². The number of nitrogens with two attached hydrogens (primary N) is 1. The molecule has 2 fully saturated rings. The Balaban J connectivity index is 1.66. The molecule has 2 aliphatic carbocycles. The highest BCUT2D eigenvalue weighted by Gasteiger charge is 2.32. The lowest BCUT2D eigenvalue weighted by atomic mass is 9.79. The highest BCUT2D eigenvalue weighted by Crippen LogP contribution is 2.40. The third-order valence-corrected chi connectivity index (χ3v) is 5.73. The molecule has 0 bridgehead atoms. The number of rotatable bonds is 4. The fourth-order valence-corrected chi connectivity index (χ4v) is 4.35. The minimum Gasteiger partial charge on any atom is -0.330 e. The lowest BCUT2D eigenvalue weighted by molar-refractivity contribution is 0.306. The molecule has 1 heteroatoms. The fourth-order valence-electron chi connectivity index (χ4n) is 4.35. The Morgan fingerprint density at radius 1 is 0.900 bits per heavy atom. The average molecular weight is 271 g/mol. The zero-order valence-corrected chi connectivity index (χ0v) is 12.7. The Kier molecular flexibility index (Phi) is 4.45. The summed E-state index contributed by atoms with van der Waals surface area (Å²) < 4.78 is 0. The van der Waals surface area contributed by atoms with Gasteiger partial charge < -0.3 is 5.73 Å². The van der Waals surface area contributed by atoms with Gasteiger partial charge in [-0.05, 0) is 61.1 Å². The predicted octanol–water partition coefficient (Wildman–Crippen LogP) is 4.80. The van der Waals surface area contributed by atoms with Crippen molar-refractivity contribution in [3.63, 3.8) is 0 Å². The average Bonchev–Trinajstić information content (AvgIpc) is 2.98. The summed E-state index contributed by atoms with van der Waals surface area (Å²) >= 11 is 0. The predicted molar refractivity (Wildman–Crippen MR) is 85.9 cm³/mol. The van der Waals surface area contributed by atoms with Crippen molar-refractivity contribution in [3.8, 4) is 0 Å².